The summed E-state index contributed by atoms with van der Waals surface area (Å²) in [5.74, 6) is -1.78. The molecule has 1 aromatic carbocycles. The van der Waals surface area contributed by atoms with Crippen molar-refractivity contribution in [1.29, 1.82) is 0 Å². The third-order valence-corrected chi connectivity index (χ3v) is 3.54. The molecule has 2 aromatic rings. The number of aromatic carboxylic acids is 1. The molecule has 0 saturated carbocycles. The Labute approximate surface area is 118 Å². The standard InChI is InChI=1S/C14H10FNO3S/c1-8(17)9-2-4-12(11(15)6-9)20-13-5-3-10(7-16-13)14(18)19/h2-7H,1H3,(H,18,19). The first-order chi connectivity index (χ1) is 9.47. The zero-order valence-electron chi connectivity index (χ0n) is 10.5. The number of carboxylic acids is 1. The third-order valence-electron chi connectivity index (χ3n) is 2.54. The van der Waals surface area contributed by atoms with E-state index in [1.54, 1.807) is 6.07 Å². The molecule has 0 aliphatic carbocycles. The van der Waals surface area contributed by atoms with Crippen molar-refractivity contribution in [3.05, 3.63) is 53.5 Å². The van der Waals surface area contributed by atoms with E-state index in [1.165, 1.54) is 37.4 Å². The Morgan fingerprint density at radius 1 is 1.20 bits per heavy atom. The fraction of sp³-hybridized carbons (Fsp3) is 0.0714. The van der Waals surface area contributed by atoms with Crippen LogP contribution in [0.15, 0.2) is 46.5 Å². The summed E-state index contributed by atoms with van der Waals surface area (Å²) in [6.07, 6.45) is 1.21. The van der Waals surface area contributed by atoms with Gasteiger partial charge >= 0.3 is 5.97 Å². The molecule has 0 aliphatic rings. The van der Waals surface area contributed by atoms with Gasteiger partial charge in [0.25, 0.3) is 0 Å². The molecule has 4 nitrogen and oxygen atoms in total. The summed E-state index contributed by atoms with van der Waals surface area (Å²) in [6, 6.07) is 7.13. The van der Waals surface area contributed by atoms with E-state index < -0.39 is 11.8 Å². The summed E-state index contributed by atoms with van der Waals surface area (Å²) in [5.41, 5.74) is 0.378. The van der Waals surface area contributed by atoms with Crippen LogP contribution in [0.25, 0.3) is 0 Å². The highest BCUT2D eigenvalue weighted by molar-refractivity contribution is 7.99. The molecule has 0 aliphatic heterocycles. The van der Waals surface area contributed by atoms with E-state index in [0.29, 0.717) is 15.5 Å². The van der Waals surface area contributed by atoms with Gasteiger partial charge < -0.3 is 5.11 Å². The molecule has 0 spiro atoms. The number of Topliss-reactive ketones (excluding diaryl/α,β-unsaturated/α-hetero) is 1. The zero-order chi connectivity index (χ0) is 14.7. The second-order valence-corrected chi connectivity index (χ2v) is 5.06. The van der Waals surface area contributed by atoms with Gasteiger partial charge in [0.1, 0.15) is 10.8 Å². The molecule has 102 valence electrons. The quantitative estimate of drug-likeness (QED) is 0.876. The minimum absolute atomic E-state index is 0.0711. The van der Waals surface area contributed by atoms with Crippen LogP contribution in [0, 0.1) is 5.82 Å². The molecule has 1 aromatic heterocycles. The van der Waals surface area contributed by atoms with Crippen molar-refractivity contribution in [1.82, 2.24) is 4.98 Å². The van der Waals surface area contributed by atoms with Crippen molar-refractivity contribution in [3.63, 3.8) is 0 Å². The van der Waals surface area contributed by atoms with Crippen LogP contribution in [0.2, 0.25) is 0 Å². The number of carbonyl (C=O) groups excluding carboxylic acids is 1. The number of carboxylic acid groups (broad SMARTS) is 1. The van der Waals surface area contributed by atoms with Gasteiger partial charge in [0.05, 0.1) is 5.56 Å². The number of halogens is 1. The molecule has 1 N–H and O–H groups in total. The number of pyridine rings is 1. The Hall–Kier alpha value is -2.21. The predicted molar refractivity (Wildman–Crippen MR) is 71.7 cm³/mol. The van der Waals surface area contributed by atoms with Crippen molar-refractivity contribution in [3.8, 4) is 0 Å². The molecule has 0 saturated heterocycles. The van der Waals surface area contributed by atoms with Crippen LogP contribution in [0.5, 0.6) is 0 Å². The number of ketones is 1. The van der Waals surface area contributed by atoms with Gasteiger partial charge in [-0.15, -0.1) is 0 Å². The first-order valence-electron chi connectivity index (χ1n) is 5.65. The SMILES string of the molecule is CC(=O)c1ccc(Sc2ccc(C(=O)O)cn2)c(F)c1. The minimum Gasteiger partial charge on any atom is -0.478 e. The van der Waals surface area contributed by atoms with Crippen molar-refractivity contribution < 1.29 is 19.1 Å². The molecule has 0 fully saturated rings. The summed E-state index contributed by atoms with van der Waals surface area (Å²) in [5, 5.41) is 9.23. The number of hydrogen-bond donors (Lipinski definition) is 1. The van der Waals surface area contributed by atoms with Gasteiger partial charge in [-0.05, 0) is 31.2 Å². The van der Waals surface area contributed by atoms with Crippen LogP contribution in [0.3, 0.4) is 0 Å². The average molecular weight is 291 g/mol. The van der Waals surface area contributed by atoms with Crippen LogP contribution in [-0.2, 0) is 0 Å². The number of aromatic nitrogens is 1. The van der Waals surface area contributed by atoms with E-state index in [9.17, 15) is 14.0 Å². The normalized spacial score (nSPS) is 10.3. The lowest BCUT2D eigenvalue weighted by Crippen LogP contribution is -1.97. The van der Waals surface area contributed by atoms with E-state index in [2.05, 4.69) is 4.98 Å². The van der Waals surface area contributed by atoms with Gasteiger partial charge in [0.2, 0.25) is 0 Å². The van der Waals surface area contributed by atoms with Crippen molar-refractivity contribution in [2.45, 2.75) is 16.8 Å². The van der Waals surface area contributed by atoms with Crippen LogP contribution >= 0.6 is 11.8 Å². The fourth-order valence-corrected chi connectivity index (χ4v) is 2.24. The Balaban J connectivity index is 2.21. The highest BCUT2D eigenvalue weighted by atomic mass is 32.2. The van der Waals surface area contributed by atoms with Gasteiger partial charge in [0.15, 0.2) is 5.78 Å². The molecule has 0 unspecified atom stereocenters. The van der Waals surface area contributed by atoms with Crippen LogP contribution in [0.1, 0.15) is 27.6 Å². The highest BCUT2D eigenvalue weighted by Gasteiger charge is 2.09. The van der Waals surface area contributed by atoms with Gasteiger partial charge in [-0.25, -0.2) is 14.2 Å². The first kappa shape index (κ1) is 14.2. The Morgan fingerprint density at radius 3 is 2.40 bits per heavy atom. The van der Waals surface area contributed by atoms with Gasteiger partial charge in [0, 0.05) is 16.7 Å². The fourth-order valence-electron chi connectivity index (χ4n) is 1.48. The maximum absolute atomic E-state index is 13.8. The van der Waals surface area contributed by atoms with Crippen LogP contribution in [-0.4, -0.2) is 21.8 Å². The van der Waals surface area contributed by atoms with Crippen molar-refractivity contribution in [2.24, 2.45) is 0 Å². The highest BCUT2D eigenvalue weighted by Crippen LogP contribution is 2.29. The topological polar surface area (TPSA) is 67.3 Å². The van der Waals surface area contributed by atoms with E-state index in [-0.39, 0.29) is 11.3 Å². The largest absolute Gasteiger partial charge is 0.478 e. The van der Waals surface area contributed by atoms with Gasteiger partial charge in [-0.1, -0.05) is 17.8 Å². The summed E-state index contributed by atoms with van der Waals surface area (Å²) in [6.45, 7) is 1.37. The number of carbonyl (C=O) groups is 2. The van der Waals surface area contributed by atoms with Gasteiger partial charge in [-0.2, -0.15) is 0 Å². The lowest BCUT2D eigenvalue weighted by Gasteiger charge is -2.04. The number of rotatable bonds is 4. The third kappa shape index (κ3) is 3.21. The lowest BCUT2D eigenvalue weighted by molar-refractivity contribution is 0.0696. The number of nitrogens with zero attached hydrogens (tertiary/aromatic N) is 1. The average Bonchev–Trinajstić information content (AvgIpc) is 2.41. The number of benzene rings is 1. The Bertz CT molecular complexity index is 671. The first-order valence-corrected chi connectivity index (χ1v) is 6.46. The van der Waals surface area contributed by atoms with Crippen molar-refractivity contribution >= 4 is 23.5 Å². The maximum atomic E-state index is 13.8. The molecule has 2 rings (SSSR count). The summed E-state index contributed by atoms with van der Waals surface area (Å²) in [4.78, 5) is 26.1. The smallest absolute Gasteiger partial charge is 0.337 e. The van der Waals surface area contributed by atoms with E-state index >= 15 is 0 Å². The summed E-state index contributed by atoms with van der Waals surface area (Å²) < 4.78 is 13.8. The monoisotopic (exact) mass is 291 g/mol. The molecule has 1 heterocycles. The molecule has 0 radical (unpaired) electrons. The zero-order valence-corrected chi connectivity index (χ0v) is 11.3. The molecular weight excluding hydrogens is 281 g/mol. The van der Waals surface area contributed by atoms with Gasteiger partial charge in [-0.3, -0.25) is 4.79 Å². The Morgan fingerprint density at radius 2 is 1.90 bits per heavy atom. The molecule has 6 heteroatoms. The second-order valence-electron chi connectivity index (χ2n) is 3.99. The maximum Gasteiger partial charge on any atom is 0.337 e. The van der Waals surface area contributed by atoms with E-state index in [0.717, 1.165) is 11.8 Å². The molecule has 0 atom stereocenters. The number of hydrogen-bond acceptors (Lipinski definition) is 4. The summed E-state index contributed by atoms with van der Waals surface area (Å²) >= 11 is 1.06. The van der Waals surface area contributed by atoms with E-state index in [1.807, 2.05) is 0 Å². The molecule has 0 bridgehead atoms. The predicted octanol–water partition coefficient (Wildman–Crippen LogP) is 3.27. The minimum atomic E-state index is -1.06. The van der Waals surface area contributed by atoms with E-state index in [4.69, 9.17) is 5.11 Å². The van der Waals surface area contributed by atoms with Crippen molar-refractivity contribution in [2.75, 3.05) is 0 Å². The van der Waals surface area contributed by atoms with Crippen LogP contribution in [0.4, 0.5) is 4.39 Å². The Kier molecular flexibility index (Phi) is 4.14. The molecule has 20 heavy (non-hydrogen) atoms. The molecule has 0 amide bonds. The lowest BCUT2D eigenvalue weighted by atomic mass is 10.1. The molecular formula is C14H10FNO3S. The second kappa shape index (κ2) is 5.83. The summed E-state index contributed by atoms with van der Waals surface area (Å²) in [7, 11) is 0. The van der Waals surface area contributed by atoms with Crippen LogP contribution < -0.4 is 0 Å².